The first kappa shape index (κ1) is 13.1. The lowest BCUT2D eigenvalue weighted by Gasteiger charge is -2.01. The molecule has 21 heavy (non-hydrogen) atoms. The summed E-state index contributed by atoms with van der Waals surface area (Å²) in [5.41, 5.74) is 1.99. The fourth-order valence-corrected chi connectivity index (χ4v) is 1.91. The summed E-state index contributed by atoms with van der Waals surface area (Å²) in [4.78, 5) is 15.1. The molecular formula is C15H11FN2O3. The minimum Gasteiger partial charge on any atom is -0.478 e. The third-order valence-electron chi connectivity index (χ3n) is 2.99. The van der Waals surface area contributed by atoms with Crippen LogP contribution in [0.3, 0.4) is 0 Å². The standard InChI is InChI=1S/C15H11FN2O3/c16-11-4-1-9(2-5-11)8-17-15-18-12-6-3-10(14(19)20)7-13(12)21-15/h1-7H,8H2,(H,17,18)(H,19,20). The van der Waals surface area contributed by atoms with Crippen LogP contribution in [0.1, 0.15) is 15.9 Å². The van der Waals surface area contributed by atoms with Gasteiger partial charge < -0.3 is 14.8 Å². The smallest absolute Gasteiger partial charge is 0.335 e. The van der Waals surface area contributed by atoms with Crippen molar-refractivity contribution in [3.63, 3.8) is 0 Å². The van der Waals surface area contributed by atoms with Gasteiger partial charge in [-0.1, -0.05) is 12.1 Å². The van der Waals surface area contributed by atoms with Crippen molar-refractivity contribution in [3.05, 3.63) is 59.4 Å². The van der Waals surface area contributed by atoms with Crippen LogP contribution in [0, 0.1) is 5.82 Å². The fourth-order valence-electron chi connectivity index (χ4n) is 1.91. The molecule has 0 aliphatic heterocycles. The molecular weight excluding hydrogens is 275 g/mol. The Morgan fingerprint density at radius 1 is 1.24 bits per heavy atom. The van der Waals surface area contributed by atoms with Crippen LogP contribution < -0.4 is 5.32 Å². The van der Waals surface area contributed by atoms with Crippen LogP contribution in [0.5, 0.6) is 0 Å². The average molecular weight is 286 g/mol. The molecule has 0 saturated heterocycles. The molecule has 0 bridgehead atoms. The van der Waals surface area contributed by atoms with E-state index in [0.717, 1.165) is 5.56 Å². The van der Waals surface area contributed by atoms with E-state index in [2.05, 4.69) is 10.3 Å². The van der Waals surface area contributed by atoms with Crippen LogP contribution in [0.4, 0.5) is 10.4 Å². The van der Waals surface area contributed by atoms with Gasteiger partial charge in [-0.05, 0) is 35.9 Å². The van der Waals surface area contributed by atoms with Crippen LogP contribution in [0.15, 0.2) is 46.9 Å². The number of rotatable bonds is 4. The van der Waals surface area contributed by atoms with Gasteiger partial charge in [0.15, 0.2) is 5.58 Å². The van der Waals surface area contributed by atoms with Gasteiger partial charge in [0, 0.05) is 6.54 Å². The molecule has 3 rings (SSSR count). The Hall–Kier alpha value is -2.89. The van der Waals surface area contributed by atoms with Crippen molar-refractivity contribution in [2.75, 3.05) is 5.32 Å². The number of fused-ring (bicyclic) bond motifs is 1. The molecule has 6 heteroatoms. The molecule has 3 aromatic rings. The van der Waals surface area contributed by atoms with Crippen LogP contribution in [-0.4, -0.2) is 16.1 Å². The molecule has 0 spiro atoms. The van der Waals surface area contributed by atoms with Crippen molar-refractivity contribution in [2.45, 2.75) is 6.54 Å². The number of aromatic carboxylic acids is 1. The summed E-state index contributed by atoms with van der Waals surface area (Å²) in [5, 5.41) is 11.9. The Kier molecular flexibility index (Phi) is 3.27. The zero-order valence-corrected chi connectivity index (χ0v) is 10.8. The minimum atomic E-state index is -1.02. The Morgan fingerprint density at radius 2 is 2.00 bits per heavy atom. The highest BCUT2D eigenvalue weighted by molar-refractivity contribution is 5.92. The Labute approximate surface area is 119 Å². The second-order valence-electron chi connectivity index (χ2n) is 4.49. The second-order valence-corrected chi connectivity index (χ2v) is 4.49. The Morgan fingerprint density at radius 3 is 2.71 bits per heavy atom. The highest BCUT2D eigenvalue weighted by Crippen LogP contribution is 2.20. The molecule has 0 saturated carbocycles. The molecule has 0 aliphatic rings. The molecule has 1 aromatic heterocycles. The van der Waals surface area contributed by atoms with E-state index in [4.69, 9.17) is 9.52 Å². The van der Waals surface area contributed by atoms with E-state index in [1.54, 1.807) is 18.2 Å². The van der Waals surface area contributed by atoms with Gasteiger partial charge >= 0.3 is 5.97 Å². The zero-order chi connectivity index (χ0) is 14.8. The van der Waals surface area contributed by atoms with Gasteiger partial charge in [0.25, 0.3) is 6.01 Å². The number of aromatic nitrogens is 1. The third kappa shape index (κ3) is 2.84. The average Bonchev–Trinajstić information content (AvgIpc) is 2.88. The summed E-state index contributed by atoms with van der Waals surface area (Å²) in [6.07, 6.45) is 0. The molecule has 0 amide bonds. The normalized spacial score (nSPS) is 10.7. The highest BCUT2D eigenvalue weighted by Gasteiger charge is 2.09. The SMILES string of the molecule is O=C(O)c1ccc2nc(NCc3ccc(F)cc3)oc2c1. The summed E-state index contributed by atoms with van der Waals surface area (Å²) in [5.74, 6) is -1.31. The first-order valence-electron chi connectivity index (χ1n) is 6.24. The molecule has 2 N–H and O–H groups in total. The fraction of sp³-hybridized carbons (Fsp3) is 0.0667. The van der Waals surface area contributed by atoms with Gasteiger partial charge in [0.05, 0.1) is 5.56 Å². The number of hydrogen-bond acceptors (Lipinski definition) is 4. The van der Waals surface area contributed by atoms with Crippen molar-refractivity contribution in [2.24, 2.45) is 0 Å². The lowest BCUT2D eigenvalue weighted by Crippen LogP contribution is -1.99. The number of oxazole rings is 1. The largest absolute Gasteiger partial charge is 0.478 e. The lowest BCUT2D eigenvalue weighted by atomic mass is 10.2. The summed E-state index contributed by atoms with van der Waals surface area (Å²) in [7, 11) is 0. The maximum absolute atomic E-state index is 12.8. The van der Waals surface area contributed by atoms with E-state index in [-0.39, 0.29) is 17.4 Å². The van der Waals surface area contributed by atoms with Crippen LogP contribution in [-0.2, 0) is 6.54 Å². The van der Waals surface area contributed by atoms with Crippen molar-refractivity contribution < 1.29 is 18.7 Å². The van der Waals surface area contributed by atoms with Gasteiger partial charge in [-0.15, -0.1) is 0 Å². The molecule has 2 aromatic carbocycles. The first-order valence-corrected chi connectivity index (χ1v) is 6.24. The molecule has 106 valence electrons. The molecule has 0 atom stereocenters. The van der Waals surface area contributed by atoms with Crippen molar-refractivity contribution in [1.82, 2.24) is 4.98 Å². The van der Waals surface area contributed by atoms with Gasteiger partial charge in [-0.2, -0.15) is 4.98 Å². The summed E-state index contributed by atoms with van der Waals surface area (Å²) in [6, 6.07) is 10.8. The first-order chi connectivity index (χ1) is 10.1. The van der Waals surface area contributed by atoms with E-state index < -0.39 is 5.97 Å². The number of carbonyl (C=O) groups is 1. The molecule has 1 heterocycles. The number of carboxylic acids is 1. The van der Waals surface area contributed by atoms with E-state index in [0.29, 0.717) is 17.6 Å². The van der Waals surface area contributed by atoms with E-state index in [1.807, 2.05) is 0 Å². The second kappa shape index (κ2) is 5.24. The number of nitrogens with one attached hydrogen (secondary N) is 1. The predicted molar refractivity (Wildman–Crippen MR) is 74.7 cm³/mol. The van der Waals surface area contributed by atoms with Crippen LogP contribution in [0.25, 0.3) is 11.1 Å². The van der Waals surface area contributed by atoms with E-state index in [1.165, 1.54) is 24.3 Å². The molecule has 0 fully saturated rings. The third-order valence-corrected chi connectivity index (χ3v) is 2.99. The van der Waals surface area contributed by atoms with Gasteiger partial charge in [-0.3, -0.25) is 0 Å². The number of halogens is 1. The van der Waals surface area contributed by atoms with Crippen molar-refractivity contribution in [1.29, 1.82) is 0 Å². The zero-order valence-electron chi connectivity index (χ0n) is 10.8. The number of anilines is 1. The molecule has 0 radical (unpaired) electrons. The summed E-state index contributed by atoms with van der Waals surface area (Å²) in [6.45, 7) is 0.429. The number of nitrogens with zero attached hydrogens (tertiary/aromatic N) is 1. The van der Waals surface area contributed by atoms with Crippen molar-refractivity contribution >= 4 is 23.1 Å². The minimum absolute atomic E-state index is 0.142. The maximum Gasteiger partial charge on any atom is 0.335 e. The van der Waals surface area contributed by atoms with Gasteiger partial charge in [0.1, 0.15) is 11.3 Å². The monoisotopic (exact) mass is 286 g/mol. The van der Waals surface area contributed by atoms with E-state index in [9.17, 15) is 9.18 Å². The summed E-state index contributed by atoms with van der Waals surface area (Å²) >= 11 is 0. The Bertz CT molecular complexity index is 796. The van der Waals surface area contributed by atoms with Crippen LogP contribution >= 0.6 is 0 Å². The van der Waals surface area contributed by atoms with Gasteiger partial charge in [-0.25, -0.2) is 9.18 Å². The number of carboxylic acid groups (broad SMARTS) is 1. The highest BCUT2D eigenvalue weighted by atomic mass is 19.1. The van der Waals surface area contributed by atoms with E-state index >= 15 is 0 Å². The number of benzene rings is 2. The Balaban J connectivity index is 1.78. The summed E-state index contributed by atoms with van der Waals surface area (Å²) < 4.78 is 18.2. The molecule has 5 nitrogen and oxygen atoms in total. The quantitative estimate of drug-likeness (QED) is 0.769. The van der Waals surface area contributed by atoms with Crippen LogP contribution in [0.2, 0.25) is 0 Å². The predicted octanol–water partition coefficient (Wildman–Crippen LogP) is 3.28. The molecule has 0 unspecified atom stereocenters. The topological polar surface area (TPSA) is 75.4 Å². The number of hydrogen-bond donors (Lipinski definition) is 2. The maximum atomic E-state index is 12.8. The van der Waals surface area contributed by atoms with Crippen molar-refractivity contribution in [3.8, 4) is 0 Å². The lowest BCUT2D eigenvalue weighted by molar-refractivity contribution is 0.0697. The molecule has 0 aliphatic carbocycles. The van der Waals surface area contributed by atoms with Gasteiger partial charge in [0.2, 0.25) is 0 Å².